The van der Waals surface area contributed by atoms with E-state index in [9.17, 15) is 14.7 Å². The number of rotatable bonds is 3. The number of nitrogens with one attached hydrogen (secondary N) is 2. The van der Waals surface area contributed by atoms with Crippen LogP contribution in [-0.2, 0) is 12.8 Å². The number of carbonyl (C=O) groups excluding carboxylic acids is 1. The third-order valence-electron chi connectivity index (χ3n) is 4.99. The Kier molecular flexibility index (Phi) is 4.39. The Morgan fingerprint density at radius 3 is 3.00 bits per heavy atom. The number of H-pyrrole nitrogens is 1. The summed E-state index contributed by atoms with van der Waals surface area (Å²) in [5.74, 6) is 0.284. The SMILES string of the molecule is COc1cccc(NC(=O)c2c(O)c3c4c(sc3[nH]c2=O)CC(C)CC4)c1. The van der Waals surface area contributed by atoms with Crippen molar-refractivity contribution >= 4 is 33.1 Å². The third kappa shape index (κ3) is 3.08. The predicted molar refractivity (Wildman–Crippen MR) is 106 cm³/mol. The lowest BCUT2D eigenvalue weighted by molar-refractivity contribution is 0.102. The van der Waals surface area contributed by atoms with Crippen molar-refractivity contribution in [3.05, 3.63) is 50.6 Å². The summed E-state index contributed by atoms with van der Waals surface area (Å²) in [7, 11) is 1.53. The van der Waals surface area contributed by atoms with Crippen molar-refractivity contribution in [2.75, 3.05) is 12.4 Å². The van der Waals surface area contributed by atoms with E-state index in [2.05, 4.69) is 17.2 Å². The average molecular weight is 384 g/mol. The molecule has 1 aliphatic rings. The van der Waals surface area contributed by atoms with Gasteiger partial charge >= 0.3 is 0 Å². The normalized spacial score (nSPS) is 16.1. The van der Waals surface area contributed by atoms with Crippen LogP contribution in [0.25, 0.3) is 10.2 Å². The Labute approximate surface area is 159 Å². The zero-order valence-corrected chi connectivity index (χ0v) is 15.9. The fourth-order valence-electron chi connectivity index (χ4n) is 3.59. The highest BCUT2D eigenvalue weighted by Crippen LogP contribution is 2.41. The minimum Gasteiger partial charge on any atom is -0.506 e. The number of aromatic amines is 1. The molecular formula is C20H20N2O4S. The van der Waals surface area contributed by atoms with E-state index in [0.717, 1.165) is 24.8 Å². The second kappa shape index (κ2) is 6.74. The molecule has 4 rings (SSSR count). The molecule has 0 fully saturated rings. The minimum absolute atomic E-state index is 0.235. The van der Waals surface area contributed by atoms with Crippen LogP contribution in [0, 0.1) is 5.92 Å². The first-order chi connectivity index (χ1) is 13.0. The van der Waals surface area contributed by atoms with Crippen LogP contribution in [-0.4, -0.2) is 23.1 Å². The molecule has 1 aromatic carbocycles. The van der Waals surface area contributed by atoms with Gasteiger partial charge in [-0.2, -0.15) is 0 Å². The zero-order chi connectivity index (χ0) is 19.1. The molecular weight excluding hydrogens is 364 g/mol. The molecule has 1 atom stereocenters. The third-order valence-corrected chi connectivity index (χ3v) is 6.16. The lowest BCUT2D eigenvalue weighted by Crippen LogP contribution is -2.23. The molecule has 2 heterocycles. The number of amides is 1. The molecule has 0 spiro atoms. The van der Waals surface area contributed by atoms with Crippen molar-refractivity contribution in [1.82, 2.24) is 4.98 Å². The van der Waals surface area contributed by atoms with Gasteiger partial charge in [0.05, 0.1) is 12.5 Å². The molecule has 7 heteroatoms. The van der Waals surface area contributed by atoms with Crippen LogP contribution in [0.4, 0.5) is 5.69 Å². The maximum atomic E-state index is 12.7. The standard InChI is InChI=1S/C20H20N2O4S/c1-10-6-7-13-14(8-10)27-20-15(13)17(23)16(19(25)22-20)18(24)21-11-4-3-5-12(9-11)26-2/h3-5,9-10H,6-8H2,1-2H3,(H,21,24)(H2,22,23,25). The summed E-state index contributed by atoms with van der Waals surface area (Å²) in [4.78, 5) is 29.8. The highest BCUT2D eigenvalue weighted by molar-refractivity contribution is 7.18. The van der Waals surface area contributed by atoms with E-state index in [1.54, 1.807) is 24.3 Å². The van der Waals surface area contributed by atoms with Crippen molar-refractivity contribution in [2.45, 2.75) is 26.2 Å². The maximum Gasteiger partial charge on any atom is 0.265 e. The van der Waals surface area contributed by atoms with Gasteiger partial charge in [0.2, 0.25) is 0 Å². The molecule has 1 unspecified atom stereocenters. The number of fused-ring (bicyclic) bond motifs is 3. The van der Waals surface area contributed by atoms with E-state index >= 15 is 0 Å². The number of aromatic nitrogens is 1. The molecule has 3 aromatic rings. The predicted octanol–water partition coefficient (Wildman–Crippen LogP) is 3.68. The Hall–Kier alpha value is -2.80. The minimum atomic E-state index is -0.645. The average Bonchev–Trinajstić information content (AvgIpc) is 2.98. The second-order valence-corrected chi connectivity index (χ2v) is 8.02. The first-order valence-electron chi connectivity index (χ1n) is 8.82. The van der Waals surface area contributed by atoms with Crippen LogP contribution >= 0.6 is 11.3 Å². The number of benzene rings is 1. The quantitative estimate of drug-likeness (QED) is 0.642. The number of aromatic hydroxyl groups is 1. The lowest BCUT2D eigenvalue weighted by Gasteiger charge is -2.18. The smallest absolute Gasteiger partial charge is 0.265 e. The van der Waals surface area contributed by atoms with Gasteiger partial charge in [0.25, 0.3) is 11.5 Å². The molecule has 0 saturated carbocycles. The molecule has 27 heavy (non-hydrogen) atoms. The summed E-state index contributed by atoms with van der Waals surface area (Å²) in [5.41, 5.74) is 0.688. The number of thiophene rings is 1. The first-order valence-corrected chi connectivity index (χ1v) is 9.64. The molecule has 0 aliphatic heterocycles. The van der Waals surface area contributed by atoms with Crippen molar-refractivity contribution in [3.63, 3.8) is 0 Å². The number of hydrogen-bond donors (Lipinski definition) is 3. The van der Waals surface area contributed by atoms with Crippen LogP contribution in [0.2, 0.25) is 0 Å². The van der Waals surface area contributed by atoms with Gasteiger partial charge in [0, 0.05) is 16.6 Å². The monoisotopic (exact) mass is 384 g/mol. The summed E-state index contributed by atoms with van der Waals surface area (Å²) < 4.78 is 5.14. The van der Waals surface area contributed by atoms with Gasteiger partial charge in [-0.3, -0.25) is 9.59 Å². The molecule has 0 saturated heterocycles. The summed E-state index contributed by atoms with van der Waals surface area (Å²) in [6, 6.07) is 6.83. The summed E-state index contributed by atoms with van der Waals surface area (Å²) in [6.07, 6.45) is 2.80. The van der Waals surface area contributed by atoms with Gasteiger partial charge in [-0.25, -0.2) is 0 Å². The molecule has 140 valence electrons. The number of pyridine rings is 1. The van der Waals surface area contributed by atoms with Crippen LogP contribution in [0.3, 0.4) is 0 Å². The molecule has 1 amide bonds. The van der Waals surface area contributed by atoms with E-state index in [1.165, 1.54) is 23.3 Å². The Morgan fingerprint density at radius 1 is 1.41 bits per heavy atom. The van der Waals surface area contributed by atoms with Gasteiger partial charge in [0.15, 0.2) is 0 Å². The number of methoxy groups -OCH3 is 1. The molecule has 1 aliphatic carbocycles. The van der Waals surface area contributed by atoms with E-state index in [-0.39, 0.29) is 11.3 Å². The zero-order valence-electron chi connectivity index (χ0n) is 15.1. The van der Waals surface area contributed by atoms with Gasteiger partial charge in [-0.1, -0.05) is 13.0 Å². The maximum absolute atomic E-state index is 12.7. The van der Waals surface area contributed by atoms with Gasteiger partial charge in [-0.15, -0.1) is 11.3 Å². The number of carbonyl (C=O) groups is 1. The second-order valence-electron chi connectivity index (χ2n) is 6.92. The first kappa shape index (κ1) is 17.6. The van der Waals surface area contributed by atoms with Crippen LogP contribution in [0.1, 0.15) is 34.1 Å². The number of hydrogen-bond acceptors (Lipinski definition) is 5. The Balaban J connectivity index is 1.77. The Morgan fingerprint density at radius 2 is 2.22 bits per heavy atom. The van der Waals surface area contributed by atoms with Crippen molar-refractivity contribution < 1.29 is 14.6 Å². The van der Waals surface area contributed by atoms with Crippen molar-refractivity contribution in [1.29, 1.82) is 0 Å². The molecule has 6 nitrogen and oxygen atoms in total. The van der Waals surface area contributed by atoms with Crippen molar-refractivity contribution in [3.8, 4) is 11.5 Å². The van der Waals surface area contributed by atoms with E-state index in [1.807, 2.05) is 0 Å². The van der Waals surface area contributed by atoms with Gasteiger partial charge in [-0.05, 0) is 42.9 Å². The van der Waals surface area contributed by atoms with Crippen LogP contribution in [0.15, 0.2) is 29.1 Å². The van der Waals surface area contributed by atoms with Crippen LogP contribution in [0.5, 0.6) is 11.5 Å². The van der Waals surface area contributed by atoms with E-state index in [4.69, 9.17) is 4.74 Å². The number of ether oxygens (including phenoxy) is 1. The number of aryl methyl sites for hydroxylation is 1. The Bertz CT molecular complexity index is 1100. The number of anilines is 1. The molecule has 0 radical (unpaired) electrons. The highest BCUT2D eigenvalue weighted by Gasteiger charge is 2.27. The fraction of sp³-hybridized carbons (Fsp3) is 0.300. The highest BCUT2D eigenvalue weighted by atomic mass is 32.1. The van der Waals surface area contributed by atoms with Crippen molar-refractivity contribution in [2.24, 2.45) is 5.92 Å². The van der Waals surface area contributed by atoms with Gasteiger partial charge in [0.1, 0.15) is 21.9 Å². The largest absolute Gasteiger partial charge is 0.506 e. The summed E-state index contributed by atoms with van der Waals surface area (Å²) in [6.45, 7) is 2.20. The van der Waals surface area contributed by atoms with Gasteiger partial charge < -0.3 is 20.1 Å². The van der Waals surface area contributed by atoms with E-state index < -0.39 is 11.5 Å². The van der Waals surface area contributed by atoms with Crippen LogP contribution < -0.4 is 15.6 Å². The van der Waals surface area contributed by atoms with E-state index in [0.29, 0.717) is 27.6 Å². The summed E-state index contributed by atoms with van der Waals surface area (Å²) >= 11 is 1.50. The molecule has 2 aromatic heterocycles. The topological polar surface area (TPSA) is 91.4 Å². The molecule has 3 N–H and O–H groups in total. The summed E-state index contributed by atoms with van der Waals surface area (Å²) in [5, 5.41) is 14.1. The fourth-order valence-corrected chi connectivity index (χ4v) is 5.00. The molecule has 0 bridgehead atoms. The lowest BCUT2D eigenvalue weighted by atomic mass is 9.89.